The van der Waals surface area contributed by atoms with Crippen LogP contribution in [0, 0.1) is 11.7 Å². The van der Waals surface area contributed by atoms with Crippen molar-refractivity contribution >= 4 is 5.69 Å². The van der Waals surface area contributed by atoms with Crippen LogP contribution in [-0.2, 0) is 14.2 Å². The summed E-state index contributed by atoms with van der Waals surface area (Å²) in [6.45, 7) is 2.55. The van der Waals surface area contributed by atoms with Crippen molar-refractivity contribution in [2.24, 2.45) is 5.92 Å². The number of benzene rings is 3. The Morgan fingerprint density at radius 2 is 1.72 bits per heavy atom. The van der Waals surface area contributed by atoms with Crippen LogP contribution in [0.4, 0.5) is 10.1 Å². The van der Waals surface area contributed by atoms with Crippen LogP contribution in [0.5, 0.6) is 11.5 Å². The second-order valence-electron chi connectivity index (χ2n) is 11.0. The molecule has 2 saturated heterocycles. The van der Waals surface area contributed by atoms with E-state index >= 15 is 4.39 Å². The lowest BCUT2D eigenvalue weighted by Crippen LogP contribution is -2.44. The van der Waals surface area contributed by atoms with Gasteiger partial charge >= 0.3 is 0 Å². The van der Waals surface area contributed by atoms with Gasteiger partial charge in [-0.3, -0.25) is 0 Å². The van der Waals surface area contributed by atoms with Crippen molar-refractivity contribution in [1.82, 2.24) is 0 Å². The van der Waals surface area contributed by atoms with Crippen LogP contribution in [0.3, 0.4) is 0 Å². The number of hydrogen-bond acceptors (Lipinski definition) is 6. The highest BCUT2D eigenvalue weighted by molar-refractivity contribution is 5.55. The predicted octanol–water partition coefficient (Wildman–Crippen LogP) is 5.83. The molecule has 0 unspecified atom stereocenters. The number of aromatic hydroxyl groups is 1. The van der Waals surface area contributed by atoms with Crippen molar-refractivity contribution in [3.63, 3.8) is 0 Å². The van der Waals surface area contributed by atoms with Gasteiger partial charge in [-0.15, -0.1) is 0 Å². The lowest BCUT2D eigenvalue weighted by Gasteiger charge is -2.40. The number of phenols is 1. The summed E-state index contributed by atoms with van der Waals surface area (Å²) in [4.78, 5) is 2.13. The summed E-state index contributed by atoms with van der Waals surface area (Å²) >= 11 is 0. The Balaban J connectivity index is 1.23. The van der Waals surface area contributed by atoms with Gasteiger partial charge in [0, 0.05) is 56.7 Å². The Kier molecular flexibility index (Phi) is 7.23. The quantitative estimate of drug-likeness (QED) is 0.402. The standard InChI is InChI=1S/C32H36FNO5/c1-36-31(37-2)23-18-32(39-19-23)12-14-34(15-13-32)28-11-8-22(16-27(28)33)30-25-10-9-24(35)17-29(25)38-20-26(30)21-6-4-3-5-7-21/h3-11,16-17,23,26,30-31,35H,12-15,18-20H2,1-2H3/t23-,26+,30+/m0/s1. The number of phenolic OH excluding ortho intramolecular Hbond substituents is 1. The Morgan fingerprint density at radius 3 is 2.44 bits per heavy atom. The van der Waals surface area contributed by atoms with E-state index < -0.39 is 0 Å². The largest absolute Gasteiger partial charge is 0.508 e. The van der Waals surface area contributed by atoms with Gasteiger partial charge in [0.1, 0.15) is 17.3 Å². The maximum atomic E-state index is 15.8. The van der Waals surface area contributed by atoms with Crippen LogP contribution in [0.2, 0.25) is 0 Å². The lowest BCUT2D eigenvalue weighted by molar-refractivity contribution is -0.136. The third-order valence-electron chi connectivity index (χ3n) is 8.81. The SMILES string of the molecule is COC(OC)[C@@H]1COC2(CCN(c3ccc([C@@H]4c5ccc(O)cc5OC[C@@H]4c4ccccc4)cc3F)CC2)C1. The first kappa shape index (κ1) is 26.1. The summed E-state index contributed by atoms with van der Waals surface area (Å²) in [5.41, 5.74) is 3.45. The predicted molar refractivity (Wildman–Crippen MR) is 147 cm³/mol. The van der Waals surface area contributed by atoms with Crippen molar-refractivity contribution in [2.75, 3.05) is 45.4 Å². The van der Waals surface area contributed by atoms with E-state index in [1.165, 1.54) is 0 Å². The fourth-order valence-electron chi connectivity index (χ4n) is 6.81. The van der Waals surface area contributed by atoms with Gasteiger partial charge in [-0.25, -0.2) is 4.39 Å². The molecule has 0 radical (unpaired) electrons. The maximum Gasteiger partial charge on any atom is 0.161 e. The number of hydrogen-bond donors (Lipinski definition) is 1. The van der Waals surface area contributed by atoms with Gasteiger partial charge in [-0.2, -0.15) is 0 Å². The fourth-order valence-corrected chi connectivity index (χ4v) is 6.81. The van der Waals surface area contributed by atoms with Crippen LogP contribution in [0.1, 0.15) is 47.8 Å². The van der Waals surface area contributed by atoms with E-state index in [0.717, 1.165) is 49.0 Å². The summed E-state index contributed by atoms with van der Waals surface area (Å²) in [6.07, 6.45) is 2.33. The molecule has 0 saturated carbocycles. The molecule has 3 aromatic carbocycles. The Labute approximate surface area is 229 Å². The minimum atomic E-state index is -0.258. The minimum Gasteiger partial charge on any atom is -0.508 e. The van der Waals surface area contributed by atoms with Crippen molar-refractivity contribution < 1.29 is 28.4 Å². The molecule has 1 N–H and O–H groups in total. The molecule has 39 heavy (non-hydrogen) atoms. The molecule has 3 aliphatic heterocycles. The average Bonchev–Trinajstić information content (AvgIpc) is 3.37. The van der Waals surface area contributed by atoms with Crippen LogP contribution in [0.25, 0.3) is 0 Å². The number of rotatable bonds is 6. The van der Waals surface area contributed by atoms with Gasteiger partial charge in [-0.1, -0.05) is 42.5 Å². The van der Waals surface area contributed by atoms with Crippen molar-refractivity contribution in [2.45, 2.75) is 43.0 Å². The summed E-state index contributed by atoms with van der Waals surface area (Å²) in [5.74, 6) is 0.738. The average molecular weight is 534 g/mol. The Hall–Kier alpha value is -3.13. The monoisotopic (exact) mass is 533 g/mol. The Morgan fingerprint density at radius 1 is 0.949 bits per heavy atom. The highest BCUT2D eigenvalue weighted by Gasteiger charge is 2.45. The summed E-state index contributed by atoms with van der Waals surface area (Å²) < 4.78 is 39.1. The van der Waals surface area contributed by atoms with Gasteiger partial charge < -0.3 is 29.0 Å². The molecule has 0 aliphatic carbocycles. The molecular weight excluding hydrogens is 497 g/mol. The zero-order valence-electron chi connectivity index (χ0n) is 22.5. The van der Waals surface area contributed by atoms with E-state index in [-0.39, 0.29) is 41.2 Å². The summed E-state index contributed by atoms with van der Waals surface area (Å²) in [5, 5.41) is 10.0. The number of halogens is 1. The topological polar surface area (TPSA) is 60.4 Å². The van der Waals surface area contributed by atoms with Crippen molar-refractivity contribution in [3.05, 3.63) is 89.2 Å². The number of ether oxygens (including phenoxy) is 4. The summed E-state index contributed by atoms with van der Waals surface area (Å²) in [7, 11) is 3.33. The van der Waals surface area contributed by atoms with E-state index in [4.69, 9.17) is 18.9 Å². The molecule has 206 valence electrons. The molecule has 6 nitrogen and oxygen atoms in total. The third kappa shape index (κ3) is 4.99. The van der Waals surface area contributed by atoms with Gasteiger partial charge in [0.25, 0.3) is 0 Å². The highest BCUT2D eigenvalue weighted by atomic mass is 19.1. The first-order chi connectivity index (χ1) is 19.0. The Bertz CT molecular complexity index is 1290. The molecule has 2 fully saturated rings. The molecule has 3 aliphatic rings. The van der Waals surface area contributed by atoms with E-state index in [2.05, 4.69) is 23.1 Å². The first-order valence-corrected chi connectivity index (χ1v) is 13.7. The molecule has 1 spiro atoms. The normalized spacial score (nSPS) is 24.1. The zero-order valence-corrected chi connectivity index (χ0v) is 22.5. The van der Waals surface area contributed by atoms with Crippen LogP contribution in [-0.4, -0.2) is 57.5 Å². The molecule has 3 atom stereocenters. The highest BCUT2D eigenvalue weighted by Crippen LogP contribution is 2.48. The van der Waals surface area contributed by atoms with E-state index in [9.17, 15) is 5.11 Å². The van der Waals surface area contributed by atoms with Gasteiger partial charge in [0.05, 0.1) is 24.5 Å². The molecule has 0 amide bonds. The second kappa shape index (κ2) is 10.8. The molecule has 7 heteroatoms. The number of nitrogens with zero attached hydrogens (tertiary/aromatic N) is 1. The molecule has 3 aromatic rings. The second-order valence-corrected chi connectivity index (χ2v) is 11.0. The van der Waals surface area contributed by atoms with Crippen molar-refractivity contribution in [1.29, 1.82) is 0 Å². The molecule has 3 heterocycles. The van der Waals surface area contributed by atoms with Crippen LogP contribution in [0.15, 0.2) is 66.7 Å². The molecule has 6 rings (SSSR count). The van der Waals surface area contributed by atoms with Gasteiger partial charge in [0.2, 0.25) is 0 Å². The van der Waals surface area contributed by atoms with Gasteiger partial charge in [0.15, 0.2) is 6.29 Å². The lowest BCUT2D eigenvalue weighted by atomic mass is 9.76. The molecular formula is C32H36FNO5. The zero-order chi connectivity index (χ0) is 27.0. The third-order valence-corrected chi connectivity index (χ3v) is 8.81. The first-order valence-electron chi connectivity index (χ1n) is 13.7. The van der Waals surface area contributed by atoms with Crippen LogP contribution >= 0.6 is 0 Å². The number of piperidine rings is 1. The summed E-state index contributed by atoms with van der Waals surface area (Å²) in [6, 6.07) is 21.1. The van der Waals surface area contributed by atoms with E-state index in [1.54, 1.807) is 32.4 Å². The van der Waals surface area contributed by atoms with E-state index in [1.807, 2.05) is 30.3 Å². The van der Waals surface area contributed by atoms with E-state index in [0.29, 0.717) is 24.7 Å². The molecule has 0 aromatic heterocycles. The molecule has 0 bridgehead atoms. The van der Waals surface area contributed by atoms with Gasteiger partial charge in [-0.05, 0) is 48.6 Å². The van der Waals surface area contributed by atoms with Crippen molar-refractivity contribution in [3.8, 4) is 11.5 Å². The smallest absolute Gasteiger partial charge is 0.161 e. The number of anilines is 1. The minimum absolute atomic E-state index is 0.0267. The number of fused-ring (bicyclic) bond motifs is 1. The number of methoxy groups -OCH3 is 2. The fraction of sp³-hybridized carbons (Fsp3) is 0.438. The van der Waals surface area contributed by atoms with Crippen LogP contribution < -0.4 is 9.64 Å². The maximum absolute atomic E-state index is 15.8.